The summed E-state index contributed by atoms with van der Waals surface area (Å²) in [4.78, 5) is 18.6. The van der Waals surface area contributed by atoms with Crippen LogP contribution in [0.5, 0.6) is 0 Å². The van der Waals surface area contributed by atoms with Crippen molar-refractivity contribution < 1.29 is 36.6 Å². The van der Waals surface area contributed by atoms with Crippen LogP contribution >= 0.6 is 0 Å². The molecule has 1 aliphatic heterocycles. The number of amides is 2. The van der Waals surface area contributed by atoms with Gasteiger partial charge in [-0.3, -0.25) is 0 Å². The Balaban J connectivity index is 1.71. The zero-order valence-corrected chi connectivity index (χ0v) is 18.4. The third kappa shape index (κ3) is 4.84. The summed E-state index contributed by atoms with van der Waals surface area (Å²) in [5.41, 5.74) is -0.0890. The van der Waals surface area contributed by atoms with Gasteiger partial charge in [-0.25, -0.2) is 31.7 Å². The van der Waals surface area contributed by atoms with Crippen molar-refractivity contribution in [2.75, 3.05) is 37.4 Å². The zero-order chi connectivity index (χ0) is 25.3. The highest BCUT2D eigenvalue weighted by Crippen LogP contribution is 2.38. The number of pyridine rings is 1. The number of urea groups is 1. The second-order valence-corrected chi connectivity index (χ2v) is 7.89. The SMILES string of the molecule is CN(C(=O)Nc1ccc(F)c(C(F)F)c1)[C@H]1COCc2nc(NCCO)c3cc(F)c(F)cc3c21. The van der Waals surface area contributed by atoms with Crippen molar-refractivity contribution in [3.05, 3.63) is 64.6 Å². The Kier molecular flexibility index (Phi) is 7.03. The lowest BCUT2D eigenvalue weighted by atomic mass is 9.95. The lowest BCUT2D eigenvalue weighted by molar-refractivity contribution is 0.0529. The van der Waals surface area contributed by atoms with E-state index in [1.165, 1.54) is 11.9 Å². The monoisotopic (exact) mass is 496 g/mol. The third-order valence-corrected chi connectivity index (χ3v) is 5.69. The van der Waals surface area contributed by atoms with Crippen LogP contribution in [0.15, 0.2) is 30.3 Å². The number of hydrogen-bond acceptors (Lipinski definition) is 5. The minimum Gasteiger partial charge on any atom is -0.395 e. The number of halogens is 5. The summed E-state index contributed by atoms with van der Waals surface area (Å²) < 4.78 is 73.5. The highest BCUT2D eigenvalue weighted by molar-refractivity contribution is 5.96. The van der Waals surface area contributed by atoms with Gasteiger partial charge in [0.1, 0.15) is 11.6 Å². The molecule has 2 heterocycles. The van der Waals surface area contributed by atoms with Crippen molar-refractivity contribution in [2.24, 2.45) is 0 Å². The van der Waals surface area contributed by atoms with Crippen molar-refractivity contribution in [3.63, 3.8) is 0 Å². The maximum absolute atomic E-state index is 14.2. The number of alkyl halides is 2. The Hall–Kier alpha value is -3.51. The molecule has 3 N–H and O–H groups in total. The molecule has 0 fully saturated rings. The standard InChI is InChI=1S/C23H21F5N4O3/c1-32(23(34)30-11-2-3-15(24)14(6-11)21(27)28)19-10-35-9-18-20(19)12-7-16(25)17(26)8-13(12)22(31-18)29-4-5-33/h2-3,6-8,19,21,33H,4-5,9-10H2,1H3,(H,29,31)(H,30,34)/t19-/m0/s1. The van der Waals surface area contributed by atoms with E-state index in [-0.39, 0.29) is 43.3 Å². The van der Waals surface area contributed by atoms with Crippen LogP contribution in [0.3, 0.4) is 0 Å². The molecule has 0 unspecified atom stereocenters. The number of carbonyl (C=O) groups excluding carboxylic acids is 1. The van der Waals surface area contributed by atoms with Gasteiger partial charge >= 0.3 is 6.03 Å². The summed E-state index contributed by atoms with van der Waals surface area (Å²) in [5, 5.41) is 15.0. The van der Waals surface area contributed by atoms with E-state index < -0.39 is 41.5 Å². The topological polar surface area (TPSA) is 86.7 Å². The van der Waals surface area contributed by atoms with E-state index >= 15 is 0 Å². The fourth-order valence-electron chi connectivity index (χ4n) is 3.97. The van der Waals surface area contributed by atoms with Gasteiger partial charge in [0.25, 0.3) is 6.43 Å². The number of carbonyl (C=O) groups is 1. The van der Waals surface area contributed by atoms with Gasteiger partial charge in [-0.2, -0.15) is 0 Å². The van der Waals surface area contributed by atoms with Crippen molar-refractivity contribution in [3.8, 4) is 0 Å². The number of nitrogens with one attached hydrogen (secondary N) is 2. The normalized spacial score (nSPS) is 15.3. The Labute approximate surface area is 196 Å². The maximum Gasteiger partial charge on any atom is 0.322 e. The van der Waals surface area contributed by atoms with Gasteiger partial charge in [-0.1, -0.05) is 0 Å². The van der Waals surface area contributed by atoms with Crippen LogP contribution in [0, 0.1) is 17.5 Å². The molecule has 3 aromatic rings. The smallest absolute Gasteiger partial charge is 0.322 e. The van der Waals surface area contributed by atoms with Crippen LogP contribution in [-0.4, -0.2) is 47.8 Å². The number of fused-ring (bicyclic) bond motifs is 3. The van der Waals surface area contributed by atoms with Gasteiger partial charge < -0.3 is 25.4 Å². The molecule has 12 heteroatoms. The number of anilines is 2. The van der Waals surface area contributed by atoms with Gasteiger partial charge in [0.15, 0.2) is 11.6 Å². The van der Waals surface area contributed by atoms with Crippen LogP contribution in [-0.2, 0) is 11.3 Å². The van der Waals surface area contributed by atoms with Crippen LogP contribution in [0.4, 0.5) is 38.3 Å². The van der Waals surface area contributed by atoms with Crippen LogP contribution in [0.25, 0.3) is 10.8 Å². The first kappa shape index (κ1) is 24.6. The Bertz CT molecular complexity index is 1270. The Morgan fingerprint density at radius 3 is 2.57 bits per heavy atom. The summed E-state index contributed by atoms with van der Waals surface area (Å²) in [6, 6.07) is 3.28. The number of nitrogens with zero attached hydrogens (tertiary/aromatic N) is 2. The molecular formula is C23H21F5N4O3. The number of aliphatic hydroxyl groups excluding tert-OH is 1. The first-order valence-corrected chi connectivity index (χ1v) is 10.6. The third-order valence-electron chi connectivity index (χ3n) is 5.69. The summed E-state index contributed by atoms with van der Waals surface area (Å²) >= 11 is 0. The van der Waals surface area contributed by atoms with E-state index in [4.69, 9.17) is 9.84 Å². The number of ether oxygens (including phenoxy) is 1. The molecule has 35 heavy (non-hydrogen) atoms. The van der Waals surface area contributed by atoms with E-state index in [9.17, 15) is 26.7 Å². The van der Waals surface area contributed by atoms with E-state index in [1.807, 2.05) is 0 Å². The molecule has 0 radical (unpaired) electrons. The average molecular weight is 496 g/mol. The summed E-state index contributed by atoms with van der Waals surface area (Å²) in [6.07, 6.45) is -3.07. The fraction of sp³-hybridized carbons (Fsp3) is 0.304. The first-order valence-electron chi connectivity index (χ1n) is 10.6. The Morgan fingerprint density at radius 2 is 1.89 bits per heavy atom. The van der Waals surface area contributed by atoms with Crippen molar-refractivity contribution in [2.45, 2.75) is 19.1 Å². The Morgan fingerprint density at radius 1 is 1.17 bits per heavy atom. The highest BCUT2D eigenvalue weighted by atomic mass is 19.3. The second-order valence-electron chi connectivity index (χ2n) is 7.89. The lowest BCUT2D eigenvalue weighted by Crippen LogP contribution is -2.39. The van der Waals surface area contributed by atoms with Crippen molar-refractivity contribution >= 4 is 28.3 Å². The molecule has 0 spiro atoms. The van der Waals surface area contributed by atoms with Crippen LogP contribution in [0.1, 0.15) is 29.3 Å². The minimum absolute atomic E-state index is 0.00180. The van der Waals surface area contributed by atoms with Crippen molar-refractivity contribution in [1.29, 1.82) is 0 Å². The molecule has 4 rings (SSSR count). The van der Waals surface area contributed by atoms with E-state index in [0.29, 0.717) is 16.6 Å². The van der Waals surface area contributed by atoms with Gasteiger partial charge in [-0.15, -0.1) is 0 Å². The van der Waals surface area contributed by atoms with Crippen LogP contribution < -0.4 is 10.6 Å². The van der Waals surface area contributed by atoms with Gasteiger partial charge in [-0.05, 0) is 35.7 Å². The molecule has 2 aromatic carbocycles. The fourth-order valence-corrected chi connectivity index (χ4v) is 3.97. The summed E-state index contributed by atoms with van der Waals surface area (Å²) in [5.74, 6) is -3.07. The van der Waals surface area contributed by atoms with Gasteiger partial charge in [0.05, 0.1) is 37.1 Å². The first-order chi connectivity index (χ1) is 16.7. The van der Waals surface area contributed by atoms with Crippen LogP contribution in [0.2, 0.25) is 0 Å². The molecule has 0 aliphatic carbocycles. The second kappa shape index (κ2) is 10.0. The number of aromatic nitrogens is 1. The summed E-state index contributed by atoms with van der Waals surface area (Å²) in [7, 11) is 1.42. The molecular weight excluding hydrogens is 475 g/mol. The molecule has 1 aromatic heterocycles. The molecule has 2 amide bonds. The quantitative estimate of drug-likeness (QED) is 0.430. The number of benzene rings is 2. The van der Waals surface area contributed by atoms with E-state index in [0.717, 1.165) is 30.3 Å². The average Bonchev–Trinajstić information content (AvgIpc) is 2.83. The number of rotatable bonds is 6. The van der Waals surface area contributed by atoms with Crippen molar-refractivity contribution in [1.82, 2.24) is 9.88 Å². The van der Waals surface area contributed by atoms with Gasteiger partial charge in [0.2, 0.25) is 0 Å². The number of aliphatic hydroxyl groups is 1. The molecule has 0 saturated heterocycles. The molecule has 0 saturated carbocycles. The molecule has 7 nitrogen and oxygen atoms in total. The molecule has 186 valence electrons. The van der Waals surface area contributed by atoms with E-state index in [2.05, 4.69) is 15.6 Å². The summed E-state index contributed by atoms with van der Waals surface area (Å²) in [6.45, 7) is -0.0606. The minimum atomic E-state index is -3.07. The largest absolute Gasteiger partial charge is 0.395 e. The lowest BCUT2D eigenvalue weighted by Gasteiger charge is -2.34. The highest BCUT2D eigenvalue weighted by Gasteiger charge is 2.32. The van der Waals surface area contributed by atoms with E-state index in [1.54, 1.807) is 0 Å². The number of likely N-dealkylation sites (N-methyl/N-ethyl adjacent to an activating group) is 1. The molecule has 0 bridgehead atoms. The number of hydrogen-bond donors (Lipinski definition) is 3. The predicted molar refractivity (Wildman–Crippen MR) is 118 cm³/mol. The molecule has 1 aliphatic rings. The molecule has 1 atom stereocenters. The van der Waals surface area contributed by atoms with Gasteiger partial charge in [0, 0.05) is 30.2 Å². The zero-order valence-electron chi connectivity index (χ0n) is 18.4. The predicted octanol–water partition coefficient (Wildman–Crippen LogP) is 4.73. The maximum atomic E-state index is 14.2.